The van der Waals surface area contributed by atoms with Gasteiger partial charge in [0, 0.05) is 5.56 Å². The first kappa shape index (κ1) is 12.0. The predicted molar refractivity (Wildman–Crippen MR) is 66.1 cm³/mol. The second kappa shape index (κ2) is 4.22. The Morgan fingerprint density at radius 1 is 1.05 bits per heavy atom. The molecule has 0 radical (unpaired) electrons. The molecule has 0 atom stereocenters. The van der Waals surface area contributed by atoms with Gasteiger partial charge in [0.2, 0.25) is 0 Å². The van der Waals surface area contributed by atoms with Crippen molar-refractivity contribution in [1.82, 2.24) is 5.01 Å². The van der Waals surface area contributed by atoms with Crippen LogP contribution in [-0.4, -0.2) is 29.6 Å². The lowest BCUT2D eigenvalue weighted by atomic mass is 10.1. The van der Waals surface area contributed by atoms with Crippen molar-refractivity contribution in [3.63, 3.8) is 0 Å². The van der Waals surface area contributed by atoms with Crippen LogP contribution in [0.15, 0.2) is 46.5 Å². The number of benzene rings is 1. The average Bonchev–Trinajstić information content (AvgIpc) is 2.85. The number of allylic oxidation sites excluding steroid dienone is 1. The van der Waals surface area contributed by atoms with Gasteiger partial charge < -0.3 is 0 Å². The fourth-order valence-corrected chi connectivity index (χ4v) is 2.00. The highest BCUT2D eigenvalue weighted by Crippen LogP contribution is 2.29. The lowest BCUT2D eigenvalue weighted by Crippen LogP contribution is -2.25. The topological polar surface area (TPSA) is 28.0 Å². The monoisotopic (exact) mass is 265 g/mol. The summed E-state index contributed by atoms with van der Waals surface area (Å²) in [6, 6.07) is 5.01. The van der Waals surface area contributed by atoms with Crippen LogP contribution in [0.25, 0.3) is 0 Å². The van der Waals surface area contributed by atoms with Crippen molar-refractivity contribution in [2.45, 2.75) is 6.18 Å². The van der Waals surface area contributed by atoms with Crippen LogP contribution in [0.4, 0.5) is 13.2 Å². The second-order valence-electron chi connectivity index (χ2n) is 4.26. The molecule has 0 saturated heterocycles. The van der Waals surface area contributed by atoms with Crippen LogP contribution in [0, 0.1) is 0 Å². The largest absolute Gasteiger partial charge is 0.416 e. The van der Waals surface area contributed by atoms with Gasteiger partial charge in [0.05, 0.1) is 24.4 Å². The first-order valence-electron chi connectivity index (χ1n) is 5.80. The maximum atomic E-state index is 12.5. The van der Waals surface area contributed by atoms with Crippen molar-refractivity contribution in [2.75, 3.05) is 13.1 Å². The molecule has 3 rings (SSSR count). The van der Waals surface area contributed by atoms with E-state index in [2.05, 4.69) is 10.1 Å². The maximum absolute atomic E-state index is 12.5. The molecular weight excluding hydrogens is 255 g/mol. The molecule has 98 valence electrons. The zero-order valence-electron chi connectivity index (χ0n) is 9.85. The minimum absolute atomic E-state index is 0.648. The fourth-order valence-electron chi connectivity index (χ4n) is 2.00. The molecule has 0 fully saturated rings. The standard InChI is InChI=1S/C13H10F3N3/c14-13(15,16)10-3-1-9(2-4-10)11-5-6-12-17-7-8-19(12)18-11/h1-6H,7-8H2. The Hall–Kier alpha value is -2.11. The smallest absolute Gasteiger partial charge is 0.265 e. The molecule has 2 heterocycles. The number of halogens is 3. The Bertz CT molecular complexity index is 582. The van der Waals surface area contributed by atoms with E-state index in [0.29, 0.717) is 24.4 Å². The van der Waals surface area contributed by atoms with E-state index in [1.165, 1.54) is 12.1 Å². The molecule has 3 nitrogen and oxygen atoms in total. The van der Waals surface area contributed by atoms with Gasteiger partial charge in [-0.25, -0.2) is 5.01 Å². The summed E-state index contributed by atoms with van der Waals surface area (Å²) in [5.74, 6) is 0.802. The Morgan fingerprint density at radius 3 is 2.47 bits per heavy atom. The molecule has 1 aromatic carbocycles. The van der Waals surface area contributed by atoms with Crippen molar-refractivity contribution >= 4 is 11.5 Å². The number of fused-ring (bicyclic) bond motifs is 1. The van der Waals surface area contributed by atoms with Crippen molar-refractivity contribution in [3.8, 4) is 0 Å². The Morgan fingerprint density at radius 2 is 1.79 bits per heavy atom. The molecule has 0 saturated carbocycles. The van der Waals surface area contributed by atoms with Crippen LogP contribution in [0.2, 0.25) is 0 Å². The number of hydrazone groups is 1. The van der Waals surface area contributed by atoms with Gasteiger partial charge in [-0.2, -0.15) is 18.3 Å². The van der Waals surface area contributed by atoms with Gasteiger partial charge in [-0.15, -0.1) is 0 Å². The summed E-state index contributed by atoms with van der Waals surface area (Å²) in [4.78, 5) is 4.23. The second-order valence-corrected chi connectivity index (χ2v) is 4.26. The molecule has 19 heavy (non-hydrogen) atoms. The normalized spacial score (nSPS) is 18.2. The molecule has 0 unspecified atom stereocenters. The van der Waals surface area contributed by atoms with E-state index in [-0.39, 0.29) is 0 Å². The minimum atomic E-state index is -4.31. The predicted octanol–water partition coefficient (Wildman–Crippen LogP) is 2.69. The number of amidine groups is 1. The van der Waals surface area contributed by atoms with Crippen LogP contribution < -0.4 is 0 Å². The first-order chi connectivity index (χ1) is 9.04. The molecular formula is C13H10F3N3. The highest BCUT2D eigenvalue weighted by atomic mass is 19.4. The van der Waals surface area contributed by atoms with Crippen LogP contribution in [0.1, 0.15) is 11.1 Å². The Labute approximate surface area is 107 Å². The van der Waals surface area contributed by atoms with E-state index in [9.17, 15) is 13.2 Å². The number of nitrogens with zero attached hydrogens (tertiary/aromatic N) is 3. The first-order valence-corrected chi connectivity index (χ1v) is 5.80. The quantitative estimate of drug-likeness (QED) is 0.767. The molecule has 0 aromatic heterocycles. The zero-order valence-corrected chi connectivity index (χ0v) is 9.85. The van der Waals surface area contributed by atoms with Gasteiger partial charge in [0.25, 0.3) is 0 Å². The molecule has 2 aliphatic rings. The summed E-state index contributed by atoms with van der Waals surface area (Å²) >= 11 is 0. The highest BCUT2D eigenvalue weighted by Gasteiger charge is 2.30. The molecule has 2 aliphatic heterocycles. The van der Waals surface area contributed by atoms with E-state index in [1.807, 2.05) is 6.08 Å². The molecule has 0 bridgehead atoms. The summed E-state index contributed by atoms with van der Waals surface area (Å²) in [5.41, 5.74) is 0.657. The van der Waals surface area contributed by atoms with Crippen molar-refractivity contribution in [3.05, 3.63) is 47.5 Å². The molecule has 1 aromatic rings. The molecule has 0 spiro atoms. The minimum Gasteiger partial charge on any atom is -0.265 e. The van der Waals surface area contributed by atoms with Crippen molar-refractivity contribution in [2.24, 2.45) is 10.1 Å². The Kier molecular flexibility index (Phi) is 2.66. The third-order valence-corrected chi connectivity index (χ3v) is 2.98. The summed E-state index contributed by atoms with van der Waals surface area (Å²) in [7, 11) is 0. The zero-order chi connectivity index (χ0) is 13.5. The van der Waals surface area contributed by atoms with E-state index >= 15 is 0 Å². The summed E-state index contributed by atoms with van der Waals surface area (Å²) in [6.07, 6.45) is -0.715. The summed E-state index contributed by atoms with van der Waals surface area (Å²) in [6.45, 7) is 1.41. The third-order valence-electron chi connectivity index (χ3n) is 2.98. The Balaban J connectivity index is 1.88. The SMILES string of the molecule is FC(F)(F)c1ccc(C2=NN3CCN=C3C=C2)cc1. The van der Waals surface area contributed by atoms with E-state index in [1.54, 1.807) is 11.1 Å². The van der Waals surface area contributed by atoms with Crippen molar-refractivity contribution in [1.29, 1.82) is 0 Å². The third kappa shape index (κ3) is 2.25. The van der Waals surface area contributed by atoms with Gasteiger partial charge in [-0.1, -0.05) is 12.1 Å². The molecule has 6 heteroatoms. The number of hydrogen-bond acceptors (Lipinski definition) is 3. The fraction of sp³-hybridized carbons (Fsp3) is 0.231. The number of aliphatic imine (C=N–C) groups is 1. The highest BCUT2D eigenvalue weighted by molar-refractivity contribution is 6.14. The number of alkyl halides is 3. The van der Waals surface area contributed by atoms with E-state index < -0.39 is 11.7 Å². The van der Waals surface area contributed by atoms with Gasteiger partial charge >= 0.3 is 6.18 Å². The van der Waals surface area contributed by atoms with Crippen molar-refractivity contribution < 1.29 is 13.2 Å². The molecule has 0 amide bonds. The van der Waals surface area contributed by atoms with Gasteiger partial charge in [-0.3, -0.25) is 4.99 Å². The van der Waals surface area contributed by atoms with E-state index in [0.717, 1.165) is 18.0 Å². The average molecular weight is 265 g/mol. The maximum Gasteiger partial charge on any atom is 0.416 e. The summed E-state index contributed by atoms with van der Waals surface area (Å²) < 4.78 is 37.4. The molecule has 0 N–H and O–H groups in total. The van der Waals surface area contributed by atoms with Gasteiger partial charge in [-0.05, 0) is 24.3 Å². The lowest BCUT2D eigenvalue weighted by molar-refractivity contribution is -0.137. The van der Waals surface area contributed by atoms with E-state index in [4.69, 9.17) is 0 Å². The number of rotatable bonds is 1. The van der Waals surface area contributed by atoms with Crippen LogP contribution in [0.5, 0.6) is 0 Å². The van der Waals surface area contributed by atoms with Crippen LogP contribution in [-0.2, 0) is 6.18 Å². The van der Waals surface area contributed by atoms with Crippen LogP contribution in [0.3, 0.4) is 0 Å². The van der Waals surface area contributed by atoms with Gasteiger partial charge in [0.1, 0.15) is 5.84 Å². The molecule has 0 aliphatic carbocycles. The van der Waals surface area contributed by atoms with Gasteiger partial charge in [0.15, 0.2) is 0 Å². The van der Waals surface area contributed by atoms with Crippen LogP contribution >= 0.6 is 0 Å². The summed E-state index contributed by atoms with van der Waals surface area (Å²) in [5, 5.41) is 6.11. The number of hydrogen-bond donors (Lipinski definition) is 0. The lowest BCUT2D eigenvalue weighted by Gasteiger charge is -2.17.